The van der Waals surface area contributed by atoms with Crippen molar-refractivity contribution in [3.63, 3.8) is 0 Å². The predicted molar refractivity (Wildman–Crippen MR) is 94.5 cm³/mol. The van der Waals surface area contributed by atoms with Crippen molar-refractivity contribution in [3.05, 3.63) is 0 Å². The summed E-state index contributed by atoms with van der Waals surface area (Å²) in [4.78, 5) is 0. The highest BCUT2D eigenvalue weighted by atomic mass is 31.1. The summed E-state index contributed by atoms with van der Waals surface area (Å²) in [6, 6.07) is 0. The standard InChI is InChI=1S/2C6H16P2/c2*1-7(2)5-6-8(3)4/h2*5-6H2,1-4H3. The van der Waals surface area contributed by atoms with Gasteiger partial charge in [-0.2, -0.15) is 0 Å². The van der Waals surface area contributed by atoms with Gasteiger partial charge in [0, 0.05) is 0 Å². The highest BCUT2D eigenvalue weighted by molar-refractivity contribution is 7.60. The quantitative estimate of drug-likeness (QED) is 0.610. The van der Waals surface area contributed by atoms with Gasteiger partial charge in [-0.1, -0.05) is 0 Å². The van der Waals surface area contributed by atoms with E-state index < -0.39 is 0 Å². The van der Waals surface area contributed by atoms with Crippen LogP contribution in [0.1, 0.15) is 0 Å². The first kappa shape index (κ1) is 20.0. The summed E-state index contributed by atoms with van der Waals surface area (Å²) in [6.07, 6.45) is 5.92. The van der Waals surface area contributed by atoms with Gasteiger partial charge in [-0.05, 0) is 78.0 Å². The summed E-state index contributed by atoms with van der Waals surface area (Å²) < 4.78 is 0. The van der Waals surface area contributed by atoms with Gasteiger partial charge in [0.15, 0.2) is 0 Å². The Morgan fingerprint density at radius 2 is 0.500 bits per heavy atom. The Hall–Kier alpha value is 1.72. The van der Waals surface area contributed by atoms with Crippen LogP contribution in [-0.2, 0) is 0 Å². The van der Waals surface area contributed by atoms with Gasteiger partial charge in [0.1, 0.15) is 0 Å². The molecule has 100 valence electrons. The van der Waals surface area contributed by atoms with Crippen LogP contribution >= 0.6 is 31.7 Å². The molecule has 0 unspecified atom stereocenters. The Morgan fingerprint density at radius 1 is 0.375 bits per heavy atom. The maximum Gasteiger partial charge on any atom is -0.0292 e. The van der Waals surface area contributed by atoms with Crippen molar-refractivity contribution in [2.45, 2.75) is 0 Å². The lowest BCUT2D eigenvalue weighted by atomic mass is 11.0. The van der Waals surface area contributed by atoms with Gasteiger partial charge in [-0.15, -0.1) is 31.7 Å². The zero-order valence-electron chi connectivity index (χ0n) is 12.6. The molecule has 0 saturated carbocycles. The first-order chi connectivity index (χ1) is 7.25. The minimum absolute atomic E-state index is 0.383. The fourth-order valence-electron chi connectivity index (χ4n) is 0.800. The van der Waals surface area contributed by atoms with Crippen molar-refractivity contribution in [2.75, 3.05) is 78.0 Å². The highest BCUT2D eigenvalue weighted by Gasteiger charge is 1.95. The number of hydrogen-bond acceptors (Lipinski definition) is 0. The average molecular weight is 300 g/mol. The van der Waals surface area contributed by atoms with E-state index >= 15 is 0 Å². The lowest BCUT2D eigenvalue weighted by molar-refractivity contribution is 1.49. The number of hydrogen-bond donors (Lipinski definition) is 0. The monoisotopic (exact) mass is 300 g/mol. The van der Waals surface area contributed by atoms with Crippen LogP contribution in [0.4, 0.5) is 0 Å². The van der Waals surface area contributed by atoms with E-state index in [4.69, 9.17) is 0 Å². The Balaban J connectivity index is 0. The van der Waals surface area contributed by atoms with E-state index in [1.54, 1.807) is 0 Å². The van der Waals surface area contributed by atoms with Gasteiger partial charge in [-0.25, -0.2) is 0 Å². The van der Waals surface area contributed by atoms with Crippen molar-refractivity contribution in [3.8, 4) is 0 Å². The molecule has 0 aliphatic heterocycles. The Bertz CT molecular complexity index is 101. The summed E-state index contributed by atoms with van der Waals surface area (Å²) in [7, 11) is 1.53. The first-order valence-electron chi connectivity index (χ1n) is 5.84. The van der Waals surface area contributed by atoms with E-state index in [1.165, 1.54) is 24.6 Å². The van der Waals surface area contributed by atoms with Crippen molar-refractivity contribution in [1.82, 2.24) is 0 Å². The molecule has 0 N–H and O–H groups in total. The normalized spacial score (nSPS) is 11.2. The Kier molecular flexibility index (Phi) is 16.5. The predicted octanol–water partition coefficient (Wildman–Crippen LogP) is 4.94. The highest BCUT2D eigenvalue weighted by Crippen LogP contribution is 2.33. The Labute approximate surface area is 110 Å². The van der Waals surface area contributed by atoms with Crippen molar-refractivity contribution in [1.29, 1.82) is 0 Å². The van der Waals surface area contributed by atoms with Crippen molar-refractivity contribution >= 4 is 31.7 Å². The SMILES string of the molecule is CP(C)CCP(C)C.CP(C)CCP(C)C. The second-order valence-corrected chi connectivity index (χ2v) is 15.6. The van der Waals surface area contributed by atoms with E-state index in [1.807, 2.05) is 0 Å². The molecule has 0 amide bonds. The summed E-state index contributed by atoms with van der Waals surface area (Å²) in [5.74, 6) is 0. The second-order valence-electron chi connectivity index (χ2n) is 5.21. The van der Waals surface area contributed by atoms with Crippen LogP contribution in [0.3, 0.4) is 0 Å². The average Bonchev–Trinajstić information content (AvgIpc) is 2.12. The molecule has 0 aromatic carbocycles. The van der Waals surface area contributed by atoms with Gasteiger partial charge in [-0.3, -0.25) is 0 Å². The molecule has 0 heterocycles. The van der Waals surface area contributed by atoms with Gasteiger partial charge in [0.05, 0.1) is 0 Å². The second kappa shape index (κ2) is 13.2. The van der Waals surface area contributed by atoms with Crippen molar-refractivity contribution < 1.29 is 0 Å². The molecule has 0 saturated heterocycles. The molecule has 0 atom stereocenters. The van der Waals surface area contributed by atoms with Gasteiger partial charge < -0.3 is 0 Å². The van der Waals surface area contributed by atoms with Crippen molar-refractivity contribution in [2.24, 2.45) is 0 Å². The van der Waals surface area contributed by atoms with Gasteiger partial charge in [0.25, 0.3) is 0 Å². The fourth-order valence-corrected chi connectivity index (χ4v) is 7.20. The molecule has 0 bridgehead atoms. The van der Waals surface area contributed by atoms with Crippen LogP contribution in [0.15, 0.2) is 0 Å². The largest absolute Gasteiger partial charge is 0.113 e. The van der Waals surface area contributed by atoms with Crippen LogP contribution in [0, 0.1) is 0 Å². The minimum atomic E-state index is 0.383. The maximum atomic E-state index is 2.36. The van der Waals surface area contributed by atoms with Crippen LogP contribution < -0.4 is 0 Å². The van der Waals surface area contributed by atoms with Crippen LogP contribution in [0.25, 0.3) is 0 Å². The van der Waals surface area contributed by atoms with Gasteiger partial charge >= 0.3 is 0 Å². The zero-order chi connectivity index (χ0) is 13.1. The minimum Gasteiger partial charge on any atom is -0.113 e. The third kappa shape index (κ3) is 24.8. The number of rotatable bonds is 6. The molecular weight excluding hydrogens is 268 g/mol. The van der Waals surface area contributed by atoms with Crippen LogP contribution in [0.2, 0.25) is 0 Å². The summed E-state index contributed by atoms with van der Waals surface area (Å²) in [5, 5.41) is 0. The molecule has 0 aliphatic rings. The lowest BCUT2D eigenvalue weighted by Crippen LogP contribution is -1.86. The molecule has 0 aromatic rings. The molecule has 0 nitrogen and oxygen atoms in total. The van der Waals surface area contributed by atoms with E-state index in [-0.39, 0.29) is 0 Å². The third-order valence-electron chi connectivity index (χ3n) is 1.99. The fraction of sp³-hybridized carbons (Fsp3) is 1.00. The Morgan fingerprint density at radius 3 is 0.562 bits per heavy atom. The third-order valence-corrected chi connectivity index (χ3v) is 7.17. The molecule has 4 heteroatoms. The topological polar surface area (TPSA) is 0 Å². The molecule has 0 radical (unpaired) electrons. The first-order valence-corrected chi connectivity index (χ1v) is 15.5. The summed E-state index contributed by atoms with van der Waals surface area (Å²) >= 11 is 0. The summed E-state index contributed by atoms with van der Waals surface area (Å²) in [5.41, 5.74) is 0. The molecule has 0 spiro atoms. The molecule has 0 aromatic heterocycles. The molecular formula is C12H32P4. The molecule has 16 heavy (non-hydrogen) atoms. The molecule has 0 aliphatic carbocycles. The van der Waals surface area contributed by atoms with Crippen LogP contribution in [-0.4, -0.2) is 78.0 Å². The molecule has 0 fully saturated rings. The van der Waals surface area contributed by atoms with Gasteiger partial charge in [0.2, 0.25) is 0 Å². The lowest BCUT2D eigenvalue weighted by Gasteiger charge is -2.07. The summed E-state index contributed by atoms with van der Waals surface area (Å²) in [6.45, 7) is 18.8. The molecule has 0 rings (SSSR count). The van der Waals surface area contributed by atoms with E-state index in [0.29, 0.717) is 31.7 Å². The van der Waals surface area contributed by atoms with E-state index in [2.05, 4.69) is 53.3 Å². The van der Waals surface area contributed by atoms with E-state index in [9.17, 15) is 0 Å². The van der Waals surface area contributed by atoms with E-state index in [0.717, 1.165) is 0 Å². The smallest absolute Gasteiger partial charge is 0.0292 e. The maximum absolute atomic E-state index is 2.36. The zero-order valence-corrected chi connectivity index (χ0v) is 16.2. The van der Waals surface area contributed by atoms with Crippen LogP contribution in [0.5, 0.6) is 0 Å².